The Morgan fingerprint density at radius 2 is 2.21 bits per heavy atom. The molecule has 1 aromatic rings. The van der Waals surface area contributed by atoms with E-state index in [0.717, 1.165) is 6.42 Å². The molecule has 1 unspecified atom stereocenters. The first-order chi connectivity index (χ1) is 5.72. The molecule has 14 heavy (non-hydrogen) atoms. The average Bonchev–Trinajstić information content (AvgIpc) is 2.04. The van der Waals surface area contributed by atoms with Crippen LogP contribution in [-0.2, 0) is 0 Å². The molecule has 0 fully saturated rings. The Bertz CT molecular complexity index is 258. The molecule has 0 saturated heterocycles. The van der Waals surface area contributed by atoms with Crippen LogP contribution in [0, 0.1) is 11.9 Å². The van der Waals surface area contributed by atoms with E-state index in [1.165, 1.54) is 18.2 Å². The van der Waals surface area contributed by atoms with Gasteiger partial charge in [-0.1, -0.05) is 13.0 Å². The zero-order valence-corrected chi connectivity index (χ0v) is 11.4. The molecule has 0 bridgehead atoms. The topological polar surface area (TPSA) is 9.23 Å². The van der Waals surface area contributed by atoms with Gasteiger partial charge in [0.05, 0.1) is 6.10 Å². The van der Waals surface area contributed by atoms with Gasteiger partial charge in [0.1, 0.15) is 0 Å². The third-order valence-electron chi connectivity index (χ3n) is 1.64. The van der Waals surface area contributed by atoms with Gasteiger partial charge in [-0.05, 0) is 13.3 Å². The van der Waals surface area contributed by atoms with Crippen LogP contribution in [-0.4, -0.2) is 29.2 Å². The molecule has 1 rings (SSSR count). The second kappa shape index (κ2) is 8.50. The van der Waals surface area contributed by atoms with Gasteiger partial charge in [0.25, 0.3) is 0 Å². The zero-order valence-electron chi connectivity index (χ0n) is 8.39. The van der Waals surface area contributed by atoms with Crippen molar-refractivity contribution < 1.29 is 26.1 Å². The fourth-order valence-electron chi connectivity index (χ4n) is 0.787. The van der Waals surface area contributed by atoms with Gasteiger partial charge in [0.15, 0.2) is 0 Å². The van der Waals surface area contributed by atoms with Crippen molar-refractivity contribution in [2.24, 2.45) is 0 Å². The van der Waals surface area contributed by atoms with Crippen molar-refractivity contribution in [1.29, 1.82) is 0 Å². The molecule has 1 atom stereocenters. The van der Waals surface area contributed by atoms with E-state index in [4.69, 9.17) is 4.74 Å². The second-order valence-corrected chi connectivity index (χ2v) is 2.71. The van der Waals surface area contributed by atoms with E-state index in [-0.39, 0.29) is 52.0 Å². The summed E-state index contributed by atoms with van der Waals surface area (Å²) >= 11 is 0. The Labute approximate surface area is 111 Å². The summed E-state index contributed by atoms with van der Waals surface area (Å²) in [5.74, 6) is 0.191. The Balaban J connectivity index is 0. The van der Waals surface area contributed by atoms with Gasteiger partial charge in [-0.3, -0.25) is 0 Å². The second-order valence-electron chi connectivity index (χ2n) is 2.71. The van der Waals surface area contributed by atoms with Gasteiger partial charge < -0.3 is 21.7 Å². The standard InChI is InChI=1S/C10H12FO.BrH.Mg/c1-3-8(2)12-10-6-4-5-9(11)7-10;;/h4-5,7-8H,3H2,1-2H3;1H;/q-1;;+2/p-1. The first kappa shape index (κ1) is 16.6. The molecule has 0 amide bonds. The van der Waals surface area contributed by atoms with Crippen LogP contribution < -0.4 is 21.7 Å². The van der Waals surface area contributed by atoms with Crippen molar-refractivity contribution in [3.63, 3.8) is 0 Å². The molecule has 0 radical (unpaired) electrons. The number of hydrogen-bond acceptors (Lipinski definition) is 1. The van der Waals surface area contributed by atoms with Gasteiger partial charge in [-0.25, -0.2) is 4.39 Å². The minimum absolute atomic E-state index is 0. The van der Waals surface area contributed by atoms with Crippen molar-refractivity contribution in [1.82, 2.24) is 0 Å². The van der Waals surface area contributed by atoms with E-state index < -0.39 is 0 Å². The minimum Gasteiger partial charge on any atom is -1.00 e. The summed E-state index contributed by atoms with van der Waals surface area (Å²) in [6, 6.07) is 7.02. The van der Waals surface area contributed by atoms with Gasteiger partial charge in [0, 0.05) is 11.6 Å². The SMILES string of the molecule is CCC(C)Oc1[c-]ccc(F)c1.[Br-].[Mg+2]. The average molecular weight is 271 g/mol. The molecule has 0 spiro atoms. The summed E-state index contributed by atoms with van der Waals surface area (Å²) in [4.78, 5) is 0. The van der Waals surface area contributed by atoms with E-state index in [0.29, 0.717) is 5.75 Å². The van der Waals surface area contributed by atoms with E-state index in [9.17, 15) is 4.39 Å². The molecule has 1 nitrogen and oxygen atoms in total. The molecule has 0 aliphatic rings. The molecule has 0 aromatic heterocycles. The maximum atomic E-state index is 12.6. The molecule has 0 heterocycles. The molecule has 74 valence electrons. The van der Waals surface area contributed by atoms with E-state index >= 15 is 0 Å². The summed E-state index contributed by atoms with van der Waals surface area (Å²) in [6.45, 7) is 3.96. The molecule has 0 N–H and O–H groups in total. The molecule has 0 saturated carbocycles. The van der Waals surface area contributed by atoms with Crippen LogP contribution in [0.2, 0.25) is 0 Å². The maximum Gasteiger partial charge on any atom is 2.00 e. The number of halogens is 2. The molecule has 0 aliphatic heterocycles. The number of rotatable bonds is 3. The molecule has 1 aromatic carbocycles. The van der Waals surface area contributed by atoms with Crippen LogP contribution >= 0.6 is 0 Å². The third kappa shape index (κ3) is 5.83. The van der Waals surface area contributed by atoms with Crippen LogP contribution in [0.4, 0.5) is 4.39 Å². The van der Waals surface area contributed by atoms with Crippen molar-refractivity contribution >= 4 is 23.1 Å². The Morgan fingerprint density at radius 1 is 1.57 bits per heavy atom. The molecule has 4 heteroatoms. The summed E-state index contributed by atoms with van der Waals surface area (Å²) in [7, 11) is 0. The van der Waals surface area contributed by atoms with Crippen molar-refractivity contribution in [2.75, 3.05) is 0 Å². The monoisotopic (exact) mass is 270 g/mol. The van der Waals surface area contributed by atoms with Crippen molar-refractivity contribution in [3.8, 4) is 5.75 Å². The number of hydrogen-bond donors (Lipinski definition) is 0. The van der Waals surface area contributed by atoms with Crippen LogP contribution in [0.1, 0.15) is 20.3 Å². The smallest absolute Gasteiger partial charge is 1.00 e. The van der Waals surface area contributed by atoms with Gasteiger partial charge in [-0.2, -0.15) is 6.07 Å². The fraction of sp³-hybridized carbons (Fsp3) is 0.400. The summed E-state index contributed by atoms with van der Waals surface area (Å²) in [6.07, 6.45) is 1.02. The number of ether oxygens (including phenoxy) is 1. The first-order valence-electron chi connectivity index (χ1n) is 4.06. The van der Waals surface area contributed by atoms with Crippen molar-refractivity contribution in [3.05, 3.63) is 30.1 Å². The first-order valence-corrected chi connectivity index (χ1v) is 4.06. The van der Waals surface area contributed by atoms with E-state index in [1.54, 1.807) is 0 Å². The predicted molar refractivity (Wildman–Crippen MR) is 51.4 cm³/mol. The third-order valence-corrected chi connectivity index (χ3v) is 1.64. The van der Waals surface area contributed by atoms with Crippen LogP contribution in [0.15, 0.2) is 18.2 Å². The van der Waals surface area contributed by atoms with Crippen molar-refractivity contribution in [2.45, 2.75) is 26.4 Å². The van der Waals surface area contributed by atoms with Crippen LogP contribution in [0.25, 0.3) is 0 Å². The van der Waals surface area contributed by atoms with Gasteiger partial charge in [-0.15, -0.1) is 12.1 Å². The summed E-state index contributed by atoms with van der Waals surface area (Å²) in [5, 5.41) is 0. The zero-order chi connectivity index (χ0) is 8.97. The van der Waals surface area contributed by atoms with E-state index in [1.807, 2.05) is 13.8 Å². The molecular formula is C10H12BrFMgO. The summed E-state index contributed by atoms with van der Waals surface area (Å²) < 4.78 is 18.0. The molecular weight excluding hydrogens is 259 g/mol. The Kier molecular flexibility index (Phi) is 10.1. The van der Waals surface area contributed by atoms with Crippen LogP contribution in [0.5, 0.6) is 5.75 Å². The Hall–Kier alpha value is 0.196. The predicted octanol–water partition coefficient (Wildman–Crippen LogP) is -0.574. The van der Waals surface area contributed by atoms with E-state index in [2.05, 4.69) is 6.07 Å². The quantitative estimate of drug-likeness (QED) is 0.528. The van der Waals surface area contributed by atoms with Gasteiger partial charge >= 0.3 is 23.1 Å². The largest absolute Gasteiger partial charge is 2.00 e. The summed E-state index contributed by atoms with van der Waals surface area (Å²) in [5.41, 5.74) is 0. The maximum absolute atomic E-state index is 12.6. The minimum atomic E-state index is -0.285. The van der Waals surface area contributed by atoms with Gasteiger partial charge in [0.2, 0.25) is 0 Å². The fourth-order valence-corrected chi connectivity index (χ4v) is 0.787. The molecule has 0 aliphatic carbocycles. The normalized spacial score (nSPS) is 10.8. The van der Waals surface area contributed by atoms with Crippen LogP contribution in [0.3, 0.4) is 0 Å². The Morgan fingerprint density at radius 3 is 2.71 bits per heavy atom. The number of benzene rings is 1.